The number of anilines is 1. The van der Waals surface area contributed by atoms with Crippen LogP contribution in [-0.4, -0.2) is 27.2 Å². The molecule has 1 aromatic heterocycles. The van der Waals surface area contributed by atoms with Crippen molar-refractivity contribution in [3.8, 4) is 5.69 Å². The Morgan fingerprint density at radius 2 is 2.15 bits per heavy atom. The first-order valence-corrected chi connectivity index (χ1v) is 6.70. The van der Waals surface area contributed by atoms with Gasteiger partial charge in [-0.3, -0.25) is 4.79 Å². The molecule has 1 unspecified atom stereocenters. The van der Waals surface area contributed by atoms with Crippen LogP contribution >= 0.6 is 0 Å². The number of carbonyl (C=O) groups is 1. The fraction of sp³-hybridized carbons (Fsp3) is 0.357. The number of amides is 1. The van der Waals surface area contributed by atoms with Crippen molar-refractivity contribution in [2.24, 2.45) is 11.7 Å². The molecule has 0 spiro atoms. The predicted molar refractivity (Wildman–Crippen MR) is 77.4 cm³/mol. The molecule has 0 saturated carbocycles. The van der Waals surface area contributed by atoms with Crippen LogP contribution in [0.1, 0.15) is 19.8 Å². The zero-order valence-electron chi connectivity index (χ0n) is 11.5. The third-order valence-corrected chi connectivity index (χ3v) is 3.11. The Hall–Kier alpha value is -2.21. The van der Waals surface area contributed by atoms with Gasteiger partial charge in [-0.15, -0.1) is 0 Å². The molecule has 3 N–H and O–H groups in total. The molecule has 2 rings (SSSR count). The lowest BCUT2D eigenvalue weighted by molar-refractivity contribution is -0.119. The van der Waals surface area contributed by atoms with E-state index in [0.29, 0.717) is 6.54 Å². The minimum Gasteiger partial charge on any atom is -0.330 e. The number of nitrogens with zero attached hydrogens (tertiary/aromatic N) is 3. The zero-order valence-corrected chi connectivity index (χ0v) is 11.5. The minimum atomic E-state index is -0.130. The van der Waals surface area contributed by atoms with Crippen molar-refractivity contribution in [1.29, 1.82) is 0 Å². The van der Waals surface area contributed by atoms with Crippen LogP contribution in [0.2, 0.25) is 0 Å². The summed E-state index contributed by atoms with van der Waals surface area (Å²) in [7, 11) is 0. The number of carbonyl (C=O) groups excluding carboxylic acids is 1. The molecule has 106 valence electrons. The van der Waals surface area contributed by atoms with Crippen LogP contribution in [0.4, 0.5) is 5.69 Å². The molecule has 20 heavy (non-hydrogen) atoms. The van der Waals surface area contributed by atoms with Crippen LogP contribution in [-0.2, 0) is 4.79 Å². The second-order valence-electron chi connectivity index (χ2n) is 4.60. The number of hydrogen-bond donors (Lipinski definition) is 2. The van der Waals surface area contributed by atoms with E-state index >= 15 is 0 Å². The van der Waals surface area contributed by atoms with E-state index in [9.17, 15) is 4.79 Å². The topological polar surface area (TPSA) is 85.8 Å². The highest BCUT2D eigenvalue weighted by Gasteiger charge is 2.15. The second kappa shape index (κ2) is 6.81. The standard InChI is InChI=1S/C14H19N5O/c1-2-3-11(8-15)14(20)18-12-4-6-13(7-5-12)19-10-16-9-17-19/h4-7,9-11H,2-3,8,15H2,1H3,(H,18,20). The smallest absolute Gasteiger partial charge is 0.228 e. The van der Waals surface area contributed by atoms with Crippen molar-refractivity contribution < 1.29 is 4.79 Å². The van der Waals surface area contributed by atoms with Crippen LogP contribution in [0.25, 0.3) is 5.69 Å². The van der Waals surface area contributed by atoms with Crippen LogP contribution in [0.3, 0.4) is 0 Å². The van der Waals surface area contributed by atoms with Gasteiger partial charge in [-0.1, -0.05) is 13.3 Å². The van der Waals surface area contributed by atoms with Crippen molar-refractivity contribution in [3.05, 3.63) is 36.9 Å². The minimum absolute atomic E-state index is 0.0251. The zero-order chi connectivity index (χ0) is 14.4. The second-order valence-corrected chi connectivity index (χ2v) is 4.60. The molecule has 1 amide bonds. The van der Waals surface area contributed by atoms with Gasteiger partial charge in [-0.25, -0.2) is 9.67 Å². The van der Waals surface area contributed by atoms with Crippen molar-refractivity contribution in [2.45, 2.75) is 19.8 Å². The lowest BCUT2D eigenvalue weighted by Crippen LogP contribution is -2.29. The van der Waals surface area contributed by atoms with Gasteiger partial charge in [-0.05, 0) is 30.7 Å². The summed E-state index contributed by atoms with van der Waals surface area (Å²) in [5.74, 6) is -0.155. The number of aromatic nitrogens is 3. The summed E-state index contributed by atoms with van der Waals surface area (Å²) in [4.78, 5) is 15.9. The molecule has 0 radical (unpaired) electrons. The van der Waals surface area contributed by atoms with Gasteiger partial charge in [-0.2, -0.15) is 5.10 Å². The maximum atomic E-state index is 12.0. The van der Waals surface area contributed by atoms with Gasteiger partial charge in [0.25, 0.3) is 0 Å². The average molecular weight is 273 g/mol. The molecular formula is C14H19N5O. The molecule has 0 aliphatic carbocycles. The molecule has 1 aromatic carbocycles. The van der Waals surface area contributed by atoms with E-state index in [4.69, 9.17) is 5.73 Å². The van der Waals surface area contributed by atoms with Crippen LogP contribution < -0.4 is 11.1 Å². The number of nitrogens with two attached hydrogens (primary N) is 1. The molecule has 0 aliphatic rings. The Bertz CT molecular complexity index is 535. The fourth-order valence-electron chi connectivity index (χ4n) is 1.99. The Morgan fingerprint density at radius 1 is 1.40 bits per heavy atom. The molecule has 0 aliphatic heterocycles. The highest BCUT2D eigenvalue weighted by Crippen LogP contribution is 2.14. The van der Waals surface area contributed by atoms with Crippen molar-refractivity contribution >= 4 is 11.6 Å². The Balaban J connectivity index is 2.02. The van der Waals surface area contributed by atoms with E-state index in [1.165, 1.54) is 6.33 Å². The Labute approximate surface area is 118 Å². The van der Waals surface area contributed by atoms with Gasteiger partial charge in [0.1, 0.15) is 12.7 Å². The summed E-state index contributed by atoms with van der Waals surface area (Å²) in [6.45, 7) is 2.42. The van der Waals surface area contributed by atoms with Crippen molar-refractivity contribution in [1.82, 2.24) is 14.8 Å². The van der Waals surface area contributed by atoms with Gasteiger partial charge < -0.3 is 11.1 Å². The molecule has 1 heterocycles. The number of rotatable bonds is 6. The molecule has 6 nitrogen and oxygen atoms in total. The first kappa shape index (κ1) is 14.2. The summed E-state index contributed by atoms with van der Waals surface area (Å²) < 4.78 is 1.66. The lowest BCUT2D eigenvalue weighted by Gasteiger charge is -2.14. The summed E-state index contributed by atoms with van der Waals surface area (Å²) in [5, 5.41) is 6.93. The Morgan fingerprint density at radius 3 is 2.70 bits per heavy atom. The molecule has 0 fully saturated rings. The third kappa shape index (κ3) is 3.42. The molecule has 0 bridgehead atoms. The summed E-state index contributed by atoms with van der Waals surface area (Å²) in [6.07, 6.45) is 4.85. The van der Waals surface area contributed by atoms with Gasteiger partial charge in [0.2, 0.25) is 5.91 Å². The maximum Gasteiger partial charge on any atom is 0.228 e. The van der Waals surface area contributed by atoms with Crippen LogP contribution in [0.15, 0.2) is 36.9 Å². The SMILES string of the molecule is CCCC(CN)C(=O)Nc1ccc(-n2cncn2)cc1. The lowest BCUT2D eigenvalue weighted by atomic mass is 10.0. The average Bonchev–Trinajstić information content (AvgIpc) is 2.99. The van der Waals surface area contributed by atoms with E-state index in [0.717, 1.165) is 24.2 Å². The van der Waals surface area contributed by atoms with E-state index in [-0.39, 0.29) is 11.8 Å². The van der Waals surface area contributed by atoms with E-state index < -0.39 is 0 Å². The van der Waals surface area contributed by atoms with Crippen molar-refractivity contribution in [2.75, 3.05) is 11.9 Å². The summed E-state index contributed by atoms with van der Waals surface area (Å²) in [6, 6.07) is 7.44. The third-order valence-electron chi connectivity index (χ3n) is 3.11. The van der Waals surface area contributed by atoms with Gasteiger partial charge in [0.05, 0.1) is 11.6 Å². The maximum absolute atomic E-state index is 12.0. The molecule has 2 aromatic rings. The monoisotopic (exact) mass is 273 g/mol. The molecule has 0 saturated heterocycles. The van der Waals surface area contributed by atoms with E-state index in [1.54, 1.807) is 11.0 Å². The largest absolute Gasteiger partial charge is 0.330 e. The van der Waals surface area contributed by atoms with Crippen LogP contribution in [0, 0.1) is 5.92 Å². The van der Waals surface area contributed by atoms with Gasteiger partial charge in [0, 0.05) is 12.2 Å². The van der Waals surface area contributed by atoms with Gasteiger partial charge >= 0.3 is 0 Å². The van der Waals surface area contributed by atoms with Crippen molar-refractivity contribution in [3.63, 3.8) is 0 Å². The fourth-order valence-corrected chi connectivity index (χ4v) is 1.99. The quantitative estimate of drug-likeness (QED) is 0.836. The highest BCUT2D eigenvalue weighted by atomic mass is 16.1. The van der Waals surface area contributed by atoms with Gasteiger partial charge in [0.15, 0.2) is 0 Å². The number of benzene rings is 1. The van der Waals surface area contributed by atoms with Crippen LogP contribution in [0.5, 0.6) is 0 Å². The first-order valence-electron chi connectivity index (χ1n) is 6.70. The molecular weight excluding hydrogens is 254 g/mol. The number of hydrogen-bond acceptors (Lipinski definition) is 4. The number of nitrogens with one attached hydrogen (secondary N) is 1. The normalized spacial score (nSPS) is 12.1. The highest BCUT2D eigenvalue weighted by molar-refractivity contribution is 5.92. The van der Waals surface area contributed by atoms with E-state index in [2.05, 4.69) is 15.4 Å². The molecule has 1 atom stereocenters. The van der Waals surface area contributed by atoms with E-state index in [1.807, 2.05) is 31.2 Å². The predicted octanol–water partition coefficient (Wildman–Crippen LogP) is 1.58. The molecule has 6 heteroatoms. The first-order chi connectivity index (χ1) is 9.74. The summed E-state index contributed by atoms with van der Waals surface area (Å²) >= 11 is 0. The Kier molecular flexibility index (Phi) is 4.84. The summed E-state index contributed by atoms with van der Waals surface area (Å²) in [5.41, 5.74) is 7.27.